The van der Waals surface area contributed by atoms with Crippen LogP contribution in [0.1, 0.15) is 37.7 Å². The minimum Gasteiger partial charge on any atom is -0.423 e. The molecule has 0 N–H and O–H groups in total. The second kappa shape index (κ2) is 7.74. The Morgan fingerprint density at radius 3 is 2.44 bits per heavy atom. The van der Waals surface area contributed by atoms with Crippen LogP contribution >= 0.6 is 11.8 Å². The molecule has 0 atom stereocenters. The van der Waals surface area contributed by atoms with Crippen molar-refractivity contribution >= 4 is 33.8 Å². The molecule has 3 aromatic heterocycles. The van der Waals surface area contributed by atoms with E-state index in [-0.39, 0.29) is 5.39 Å². The van der Waals surface area contributed by atoms with Gasteiger partial charge in [-0.3, -0.25) is 13.9 Å². The Hall–Kier alpha value is -3.20. The highest BCUT2D eigenvalue weighted by atomic mass is 32.2. The highest BCUT2D eigenvalue weighted by Crippen LogP contribution is 2.30. The van der Waals surface area contributed by atoms with Crippen molar-refractivity contribution in [3.63, 3.8) is 0 Å². The summed E-state index contributed by atoms with van der Waals surface area (Å²) in [6, 6.07) is 7.17. The summed E-state index contributed by atoms with van der Waals surface area (Å²) in [5, 5.41) is 1.60. The maximum atomic E-state index is 13.0. The molecule has 0 aliphatic carbocycles. The molecule has 0 spiro atoms. The van der Waals surface area contributed by atoms with E-state index in [1.807, 2.05) is 45.9 Å². The van der Waals surface area contributed by atoms with Gasteiger partial charge in [0.05, 0.1) is 0 Å². The van der Waals surface area contributed by atoms with E-state index in [9.17, 15) is 14.4 Å². The zero-order chi connectivity index (χ0) is 23.4. The Morgan fingerprint density at radius 2 is 1.75 bits per heavy atom. The summed E-state index contributed by atoms with van der Waals surface area (Å²) >= 11 is 1.34. The average molecular weight is 453 g/mol. The molecule has 9 heteroatoms. The number of aromatic nitrogens is 4. The van der Waals surface area contributed by atoms with Crippen LogP contribution in [0.2, 0.25) is 0 Å². The lowest BCUT2D eigenvalue weighted by molar-refractivity contribution is 0.539. The third-order valence-electron chi connectivity index (χ3n) is 5.29. The molecule has 166 valence electrons. The molecule has 0 fully saturated rings. The number of nitrogens with zero attached hydrogens (tertiary/aromatic N) is 4. The van der Waals surface area contributed by atoms with Crippen LogP contribution in [0.25, 0.3) is 22.0 Å². The van der Waals surface area contributed by atoms with Crippen molar-refractivity contribution in [2.45, 2.75) is 43.9 Å². The lowest BCUT2D eigenvalue weighted by Gasteiger charge is -2.19. The van der Waals surface area contributed by atoms with Gasteiger partial charge < -0.3 is 4.42 Å². The quantitative estimate of drug-likeness (QED) is 0.268. The van der Waals surface area contributed by atoms with E-state index in [0.29, 0.717) is 27.8 Å². The van der Waals surface area contributed by atoms with Crippen LogP contribution in [0.15, 0.2) is 48.1 Å². The first-order valence-electron chi connectivity index (χ1n) is 10.1. The minimum atomic E-state index is -0.445. The second-order valence-corrected chi connectivity index (χ2v) is 9.85. The van der Waals surface area contributed by atoms with Crippen molar-refractivity contribution in [2.24, 2.45) is 14.1 Å². The lowest BCUT2D eigenvalue weighted by atomic mass is 9.96. The van der Waals surface area contributed by atoms with E-state index in [0.717, 1.165) is 21.1 Å². The third-order valence-corrected chi connectivity index (χ3v) is 6.31. The summed E-state index contributed by atoms with van der Waals surface area (Å²) in [6.45, 7) is 7.85. The van der Waals surface area contributed by atoms with Gasteiger partial charge in [-0.15, -0.1) is 11.8 Å². The van der Waals surface area contributed by atoms with Crippen molar-refractivity contribution in [3.05, 3.63) is 72.5 Å². The van der Waals surface area contributed by atoms with Crippen molar-refractivity contribution in [2.75, 3.05) is 0 Å². The first kappa shape index (κ1) is 22.0. The van der Waals surface area contributed by atoms with Crippen LogP contribution in [-0.4, -0.2) is 19.1 Å². The number of fused-ring (bicyclic) bond motifs is 2. The summed E-state index contributed by atoms with van der Waals surface area (Å²) in [5.74, 6) is 0.927. The van der Waals surface area contributed by atoms with Crippen LogP contribution in [0.4, 0.5) is 0 Å². The smallest absolute Gasteiger partial charge is 0.336 e. The first-order chi connectivity index (χ1) is 15.0. The van der Waals surface area contributed by atoms with E-state index in [1.165, 1.54) is 29.4 Å². The van der Waals surface area contributed by atoms with Gasteiger partial charge in [-0.25, -0.2) is 19.6 Å². The number of benzene rings is 1. The van der Waals surface area contributed by atoms with Crippen LogP contribution < -0.4 is 16.9 Å². The summed E-state index contributed by atoms with van der Waals surface area (Å²) in [5.41, 5.74) is 0.887. The molecule has 0 saturated heterocycles. The van der Waals surface area contributed by atoms with Gasteiger partial charge in [-0.05, 0) is 24.1 Å². The fourth-order valence-electron chi connectivity index (χ4n) is 3.47. The maximum Gasteiger partial charge on any atom is 0.336 e. The van der Waals surface area contributed by atoms with Gasteiger partial charge in [0.25, 0.3) is 5.56 Å². The Morgan fingerprint density at radius 1 is 1.03 bits per heavy atom. The molecule has 8 nitrogen and oxygen atoms in total. The first-order valence-corrected chi connectivity index (χ1v) is 11.1. The molecule has 32 heavy (non-hydrogen) atoms. The topological polar surface area (TPSA) is 100.0 Å². The summed E-state index contributed by atoms with van der Waals surface area (Å²) < 4.78 is 7.78. The standard InChI is InChI=1S/C23H24N4O4S/c1-12-7-8-14-13(10-16(28)31-15(14)9-12)11-32-19-17-18(24-21(25-19)23(2,3)4)26(5)22(30)27(6)20(17)29/h7-10H,11H2,1-6H3. The SMILES string of the molecule is Cc1ccc2c(CSc3nc(C(C)(C)C)nc4c3c(=O)n(C)c(=O)n4C)cc(=O)oc2c1. The Labute approximate surface area is 187 Å². The predicted molar refractivity (Wildman–Crippen MR) is 126 cm³/mol. The Balaban J connectivity index is 1.92. The number of hydrogen-bond donors (Lipinski definition) is 0. The molecule has 4 aromatic rings. The Kier molecular flexibility index (Phi) is 5.32. The van der Waals surface area contributed by atoms with Gasteiger partial charge in [-0.2, -0.15) is 0 Å². The van der Waals surface area contributed by atoms with Crippen molar-refractivity contribution in [1.82, 2.24) is 19.1 Å². The molecule has 0 aliphatic heterocycles. The third kappa shape index (κ3) is 3.77. The number of rotatable bonds is 3. The largest absolute Gasteiger partial charge is 0.423 e. The average Bonchev–Trinajstić information content (AvgIpc) is 2.72. The van der Waals surface area contributed by atoms with Crippen LogP contribution in [0.3, 0.4) is 0 Å². The van der Waals surface area contributed by atoms with E-state index < -0.39 is 22.3 Å². The minimum absolute atomic E-state index is 0.288. The van der Waals surface area contributed by atoms with Gasteiger partial charge >= 0.3 is 11.3 Å². The van der Waals surface area contributed by atoms with Crippen molar-refractivity contribution in [3.8, 4) is 0 Å². The summed E-state index contributed by atoms with van der Waals surface area (Å²) in [7, 11) is 3.03. The molecular weight excluding hydrogens is 428 g/mol. The molecule has 1 aromatic carbocycles. The van der Waals surface area contributed by atoms with Crippen molar-refractivity contribution in [1.29, 1.82) is 0 Å². The zero-order valence-electron chi connectivity index (χ0n) is 18.8. The van der Waals surface area contributed by atoms with E-state index in [1.54, 1.807) is 7.05 Å². The number of thioether (sulfide) groups is 1. The zero-order valence-corrected chi connectivity index (χ0v) is 19.7. The predicted octanol–water partition coefficient (Wildman–Crippen LogP) is 3.03. The van der Waals surface area contributed by atoms with E-state index in [4.69, 9.17) is 9.40 Å². The highest BCUT2D eigenvalue weighted by molar-refractivity contribution is 7.98. The second-order valence-electron chi connectivity index (χ2n) is 8.89. The van der Waals surface area contributed by atoms with Crippen LogP contribution in [-0.2, 0) is 25.3 Å². The van der Waals surface area contributed by atoms with Crippen molar-refractivity contribution < 1.29 is 4.42 Å². The molecule has 0 amide bonds. The molecule has 0 bridgehead atoms. The fourth-order valence-corrected chi connectivity index (χ4v) is 4.48. The van der Waals surface area contributed by atoms with Gasteiger partial charge in [0.2, 0.25) is 0 Å². The highest BCUT2D eigenvalue weighted by Gasteiger charge is 2.24. The molecule has 0 unspecified atom stereocenters. The van der Waals surface area contributed by atoms with E-state index >= 15 is 0 Å². The van der Waals surface area contributed by atoms with Crippen LogP contribution in [0, 0.1) is 6.92 Å². The molecular formula is C23H24N4O4S. The fraction of sp³-hybridized carbons (Fsp3) is 0.348. The van der Waals surface area contributed by atoms with Crippen LogP contribution in [0.5, 0.6) is 0 Å². The van der Waals surface area contributed by atoms with Gasteiger partial charge in [0, 0.05) is 36.7 Å². The molecule has 0 saturated carbocycles. The molecule has 3 heterocycles. The van der Waals surface area contributed by atoms with Gasteiger partial charge in [0.1, 0.15) is 21.8 Å². The normalized spacial score (nSPS) is 12.1. The van der Waals surface area contributed by atoms with Gasteiger partial charge in [-0.1, -0.05) is 32.9 Å². The number of aryl methyl sites for hydroxylation is 2. The number of hydrogen-bond acceptors (Lipinski definition) is 7. The molecule has 0 radical (unpaired) electrons. The monoisotopic (exact) mass is 452 g/mol. The van der Waals surface area contributed by atoms with Gasteiger partial charge in [0.15, 0.2) is 5.65 Å². The molecule has 4 rings (SSSR count). The summed E-state index contributed by atoms with van der Waals surface area (Å²) in [4.78, 5) is 46.8. The van der Waals surface area contributed by atoms with E-state index in [2.05, 4.69) is 4.98 Å². The summed E-state index contributed by atoms with van der Waals surface area (Å²) in [6.07, 6.45) is 0. The molecule has 0 aliphatic rings. The lowest BCUT2D eigenvalue weighted by Crippen LogP contribution is -2.38. The maximum absolute atomic E-state index is 13.0. The Bertz CT molecular complexity index is 1560.